The Labute approximate surface area is 193 Å². The summed E-state index contributed by atoms with van der Waals surface area (Å²) >= 11 is 0. The molecule has 4 aromatic rings. The molecule has 6 nitrogen and oxygen atoms in total. The average Bonchev–Trinajstić information content (AvgIpc) is 3.14. The summed E-state index contributed by atoms with van der Waals surface area (Å²) < 4.78 is 21.3. The van der Waals surface area contributed by atoms with Crippen molar-refractivity contribution < 1.29 is 13.9 Å². The Morgan fingerprint density at radius 3 is 2.70 bits per heavy atom. The first-order valence-electron chi connectivity index (χ1n) is 10.9. The van der Waals surface area contributed by atoms with E-state index in [0.29, 0.717) is 19.0 Å². The largest absolute Gasteiger partial charge is 0.360 e. The molecule has 0 bridgehead atoms. The van der Waals surface area contributed by atoms with Gasteiger partial charge in [0.15, 0.2) is 0 Å². The van der Waals surface area contributed by atoms with Crippen LogP contribution < -0.4 is 5.32 Å². The minimum absolute atomic E-state index is 0.258. The number of pyridine rings is 1. The number of nitrogens with zero attached hydrogens (tertiary/aromatic N) is 3. The smallest absolute Gasteiger partial charge is 0.255 e. The highest BCUT2D eigenvalue weighted by atomic mass is 28.3. The summed E-state index contributed by atoms with van der Waals surface area (Å²) in [4.78, 5) is 16.8. The van der Waals surface area contributed by atoms with Crippen molar-refractivity contribution in [2.45, 2.75) is 32.4 Å². The zero-order chi connectivity index (χ0) is 23.4. The van der Waals surface area contributed by atoms with E-state index in [-0.39, 0.29) is 11.5 Å². The molecule has 2 heterocycles. The lowest BCUT2D eigenvalue weighted by atomic mass is 10.1. The lowest BCUT2D eigenvalue weighted by Crippen LogP contribution is -2.22. The molecule has 0 spiro atoms. The first-order chi connectivity index (χ1) is 15.8. The summed E-state index contributed by atoms with van der Waals surface area (Å²) in [5, 5.41) is 8.50. The maximum Gasteiger partial charge on any atom is 0.255 e. The molecule has 0 atom stereocenters. The van der Waals surface area contributed by atoms with Crippen LogP contribution in [0.5, 0.6) is 0 Å². The molecule has 0 aliphatic rings. The normalized spacial score (nSPS) is 11.6. The van der Waals surface area contributed by atoms with E-state index >= 15 is 0 Å². The fraction of sp³-hybridized carbons (Fsp3) is 0.240. The van der Waals surface area contributed by atoms with Crippen LogP contribution in [-0.4, -0.2) is 35.4 Å². The Balaban J connectivity index is 1.63. The van der Waals surface area contributed by atoms with Gasteiger partial charge in [0.05, 0.1) is 5.52 Å². The van der Waals surface area contributed by atoms with Crippen LogP contribution in [0.15, 0.2) is 67.0 Å². The molecule has 0 unspecified atom stereocenters. The number of rotatable bonds is 8. The van der Waals surface area contributed by atoms with Gasteiger partial charge >= 0.3 is 0 Å². The van der Waals surface area contributed by atoms with Gasteiger partial charge in [-0.15, -0.1) is 0 Å². The summed E-state index contributed by atoms with van der Waals surface area (Å²) in [6.07, 6.45) is 3.48. The molecule has 1 N–H and O–H groups in total. The first-order valence-corrected chi connectivity index (χ1v) is 14.6. The summed E-state index contributed by atoms with van der Waals surface area (Å²) in [6, 6.07) is 16.1. The summed E-state index contributed by atoms with van der Waals surface area (Å²) in [6.45, 7) is 8.00. The van der Waals surface area contributed by atoms with Gasteiger partial charge in [-0.25, -0.2) is 9.07 Å². The Hall–Kier alpha value is -3.36. The molecule has 4 rings (SSSR count). The van der Waals surface area contributed by atoms with E-state index in [0.717, 1.165) is 28.2 Å². The third-order valence-corrected chi connectivity index (χ3v) is 6.94. The Morgan fingerprint density at radius 2 is 1.97 bits per heavy atom. The number of fused-ring (bicyclic) bond motifs is 1. The van der Waals surface area contributed by atoms with Crippen molar-refractivity contribution in [2.24, 2.45) is 0 Å². The van der Waals surface area contributed by atoms with Gasteiger partial charge < -0.3 is 10.1 Å². The van der Waals surface area contributed by atoms with Crippen molar-refractivity contribution in [1.29, 1.82) is 0 Å². The number of ether oxygens (including phenoxy) is 1. The van der Waals surface area contributed by atoms with Gasteiger partial charge in [0, 0.05) is 49.3 Å². The van der Waals surface area contributed by atoms with Gasteiger partial charge in [-0.1, -0.05) is 25.7 Å². The highest BCUT2D eigenvalue weighted by Crippen LogP contribution is 2.30. The van der Waals surface area contributed by atoms with Gasteiger partial charge in [0.1, 0.15) is 18.2 Å². The number of carbonyl (C=O) groups excluding carboxylic acids is 1. The zero-order valence-corrected chi connectivity index (χ0v) is 20.0. The number of halogens is 1. The molecule has 0 saturated heterocycles. The van der Waals surface area contributed by atoms with E-state index in [2.05, 4.69) is 29.9 Å². The van der Waals surface area contributed by atoms with E-state index in [1.54, 1.807) is 18.5 Å². The van der Waals surface area contributed by atoms with Crippen LogP contribution in [0.3, 0.4) is 0 Å². The van der Waals surface area contributed by atoms with E-state index in [4.69, 9.17) is 9.84 Å². The van der Waals surface area contributed by atoms with Crippen LogP contribution in [0.25, 0.3) is 22.2 Å². The lowest BCUT2D eigenvalue weighted by molar-refractivity contribution is 0.0818. The summed E-state index contributed by atoms with van der Waals surface area (Å²) in [5.74, 6) is -0.828. The van der Waals surface area contributed by atoms with Crippen LogP contribution in [0.1, 0.15) is 10.4 Å². The lowest BCUT2D eigenvalue weighted by Gasteiger charge is -2.15. The molecule has 0 fully saturated rings. The van der Waals surface area contributed by atoms with Crippen molar-refractivity contribution in [2.75, 3.05) is 11.9 Å². The number of carbonyl (C=O) groups is 1. The molecule has 33 heavy (non-hydrogen) atoms. The van der Waals surface area contributed by atoms with Crippen molar-refractivity contribution in [3.05, 3.63) is 78.4 Å². The maximum absolute atomic E-state index is 13.5. The molecule has 0 radical (unpaired) electrons. The van der Waals surface area contributed by atoms with Gasteiger partial charge in [-0.3, -0.25) is 9.78 Å². The Bertz CT molecular complexity index is 1270. The highest BCUT2D eigenvalue weighted by molar-refractivity contribution is 6.76. The van der Waals surface area contributed by atoms with Crippen molar-refractivity contribution in [3.8, 4) is 11.3 Å². The van der Waals surface area contributed by atoms with E-state index < -0.39 is 13.9 Å². The molecule has 170 valence electrons. The van der Waals surface area contributed by atoms with E-state index in [9.17, 15) is 9.18 Å². The van der Waals surface area contributed by atoms with Crippen LogP contribution in [0.2, 0.25) is 25.7 Å². The van der Waals surface area contributed by atoms with Gasteiger partial charge in [-0.2, -0.15) is 5.10 Å². The highest BCUT2D eigenvalue weighted by Gasteiger charge is 2.16. The molecular formula is C25H27FN4O2Si. The second-order valence-electron chi connectivity index (χ2n) is 9.13. The number of anilines is 1. The van der Waals surface area contributed by atoms with Gasteiger partial charge in [0.25, 0.3) is 5.91 Å². The first kappa shape index (κ1) is 22.8. The van der Waals surface area contributed by atoms with Gasteiger partial charge in [-0.05, 0) is 54.6 Å². The molecule has 2 aromatic carbocycles. The molecule has 8 heteroatoms. The number of amides is 1. The minimum Gasteiger partial charge on any atom is -0.360 e. The standard InChI is InChI=1S/C25H27FN4O2Si/c1-33(2,3)13-12-32-17-30-23-10-9-21(28-25(31)18-6-4-8-20(26)14-18)15-22(23)24(29-30)19-7-5-11-27-16-19/h4-11,14-16H,12-13,17H2,1-3H3,(H,28,31). The van der Waals surface area contributed by atoms with Crippen molar-refractivity contribution >= 4 is 30.6 Å². The van der Waals surface area contributed by atoms with Crippen molar-refractivity contribution in [3.63, 3.8) is 0 Å². The third kappa shape index (κ3) is 5.71. The van der Waals surface area contributed by atoms with E-state index in [1.165, 1.54) is 18.2 Å². The SMILES string of the molecule is C[Si](C)(C)CCOCn1nc(-c2cccnc2)c2cc(NC(=O)c3cccc(F)c3)ccc21. The zero-order valence-electron chi connectivity index (χ0n) is 19.0. The fourth-order valence-corrected chi connectivity index (χ4v) is 4.19. The quantitative estimate of drug-likeness (QED) is 0.265. The number of hydrogen-bond acceptors (Lipinski definition) is 4. The minimum atomic E-state index is -1.18. The topological polar surface area (TPSA) is 69.0 Å². The second-order valence-corrected chi connectivity index (χ2v) is 14.8. The van der Waals surface area contributed by atoms with Crippen LogP contribution in [0, 0.1) is 5.82 Å². The number of aromatic nitrogens is 3. The number of hydrogen-bond donors (Lipinski definition) is 1. The fourth-order valence-electron chi connectivity index (χ4n) is 3.43. The summed E-state index contributed by atoms with van der Waals surface area (Å²) in [5.41, 5.74) is 3.38. The van der Waals surface area contributed by atoms with Crippen LogP contribution in [0.4, 0.5) is 10.1 Å². The molecule has 2 aromatic heterocycles. The molecule has 0 saturated carbocycles. The molecule has 1 amide bonds. The molecule has 0 aliphatic carbocycles. The van der Waals surface area contributed by atoms with Crippen LogP contribution in [-0.2, 0) is 11.5 Å². The monoisotopic (exact) mass is 462 g/mol. The predicted molar refractivity (Wildman–Crippen MR) is 131 cm³/mol. The Kier molecular flexibility index (Phi) is 6.66. The third-order valence-electron chi connectivity index (χ3n) is 5.24. The average molecular weight is 463 g/mol. The Morgan fingerprint density at radius 1 is 1.12 bits per heavy atom. The number of nitrogens with one attached hydrogen (secondary N) is 1. The van der Waals surface area contributed by atoms with Gasteiger partial charge in [0.2, 0.25) is 0 Å². The summed E-state index contributed by atoms with van der Waals surface area (Å²) in [7, 11) is -1.18. The molecule has 0 aliphatic heterocycles. The van der Waals surface area contributed by atoms with E-state index in [1.807, 2.05) is 35.0 Å². The second kappa shape index (κ2) is 9.64. The molecular weight excluding hydrogens is 435 g/mol. The van der Waals surface area contributed by atoms with Crippen molar-refractivity contribution in [1.82, 2.24) is 14.8 Å². The predicted octanol–water partition coefficient (Wildman–Crippen LogP) is 5.80. The maximum atomic E-state index is 13.5. The van der Waals surface area contributed by atoms with Crippen LogP contribution >= 0.6 is 0 Å². The number of benzene rings is 2.